The van der Waals surface area contributed by atoms with Crippen LogP contribution in [0.25, 0.3) is 0 Å². The van der Waals surface area contributed by atoms with E-state index in [1.54, 1.807) is 6.92 Å². The van der Waals surface area contributed by atoms with Crippen LogP contribution in [0.5, 0.6) is 0 Å². The van der Waals surface area contributed by atoms with E-state index in [9.17, 15) is 18.0 Å². The number of anilines is 1. The average molecular weight is 281 g/mol. The summed E-state index contributed by atoms with van der Waals surface area (Å²) in [4.78, 5) is 12.6. The average Bonchev–Trinajstić information content (AvgIpc) is 2.82. The van der Waals surface area contributed by atoms with Crippen molar-refractivity contribution < 1.29 is 23.1 Å². The summed E-state index contributed by atoms with van der Waals surface area (Å²) >= 11 is 0.435. The van der Waals surface area contributed by atoms with Crippen molar-refractivity contribution >= 4 is 22.4 Å². The lowest BCUT2D eigenvalue weighted by molar-refractivity contribution is -0.146. The van der Waals surface area contributed by atoms with Crippen molar-refractivity contribution in [1.29, 1.82) is 0 Å². The van der Waals surface area contributed by atoms with Gasteiger partial charge in [0.15, 0.2) is 0 Å². The van der Waals surface area contributed by atoms with Crippen LogP contribution >= 0.6 is 11.3 Å². The normalized spacial score (nSPS) is 24.6. The summed E-state index contributed by atoms with van der Waals surface area (Å²) in [6, 6.07) is 0. The van der Waals surface area contributed by atoms with Gasteiger partial charge in [-0.05, 0) is 13.3 Å². The SMILES string of the molecule is CC1(C(=O)O)CCN(c2nnc(C(F)(F)F)s2)C1. The van der Waals surface area contributed by atoms with Crippen LogP contribution in [0.15, 0.2) is 0 Å². The van der Waals surface area contributed by atoms with Crippen LogP contribution in [-0.2, 0) is 11.0 Å². The molecule has 1 atom stereocenters. The van der Waals surface area contributed by atoms with Crippen LogP contribution in [0.2, 0.25) is 0 Å². The highest BCUT2D eigenvalue weighted by Gasteiger charge is 2.42. The van der Waals surface area contributed by atoms with Gasteiger partial charge in [-0.3, -0.25) is 4.79 Å². The van der Waals surface area contributed by atoms with Gasteiger partial charge in [-0.25, -0.2) is 0 Å². The molecule has 18 heavy (non-hydrogen) atoms. The van der Waals surface area contributed by atoms with E-state index >= 15 is 0 Å². The summed E-state index contributed by atoms with van der Waals surface area (Å²) in [7, 11) is 0. The van der Waals surface area contributed by atoms with Crippen molar-refractivity contribution in [2.75, 3.05) is 18.0 Å². The van der Waals surface area contributed by atoms with Gasteiger partial charge in [0, 0.05) is 13.1 Å². The quantitative estimate of drug-likeness (QED) is 0.896. The molecule has 1 aromatic heterocycles. The Morgan fingerprint density at radius 3 is 2.61 bits per heavy atom. The monoisotopic (exact) mass is 281 g/mol. The van der Waals surface area contributed by atoms with E-state index in [-0.39, 0.29) is 11.7 Å². The standard InChI is InChI=1S/C9H10F3N3O2S/c1-8(6(16)17)2-3-15(4-8)7-14-13-5(18-7)9(10,11)12/h2-4H2,1H3,(H,16,17). The van der Waals surface area contributed by atoms with Crippen molar-refractivity contribution in [1.82, 2.24) is 10.2 Å². The van der Waals surface area contributed by atoms with Gasteiger partial charge in [-0.1, -0.05) is 11.3 Å². The molecule has 0 bridgehead atoms. The van der Waals surface area contributed by atoms with E-state index in [1.807, 2.05) is 0 Å². The molecule has 2 rings (SSSR count). The van der Waals surface area contributed by atoms with Crippen LogP contribution in [0, 0.1) is 5.41 Å². The lowest BCUT2D eigenvalue weighted by Gasteiger charge is -2.18. The zero-order valence-electron chi connectivity index (χ0n) is 9.36. The minimum absolute atomic E-state index is 0.118. The fourth-order valence-corrected chi connectivity index (χ4v) is 2.49. The van der Waals surface area contributed by atoms with Crippen LogP contribution in [0.1, 0.15) is 18.4 Å². The molecule has 0 spiro atoms. The molecule has 0 amide bonds. The molecular formula is C9H10F3N3O2S. The van der Waals surface area contributed by atoms with Crippen molar-refractivity contribution in [2.24, 2.45) is 5.41 Å². The van der Waals surface area contributed by atoms with Gasteiger partial charge < -0.3 is 10.0 Å². The van der Waals surface area contributed by atoms with Gasteiger partial charge in [0.25, 0.3) is 0 Å². The van der Waals surface area contributed by atoms with E-state index in [0.29, 0.717) is 24.3 Å². The third-order valence-corrected chi connectivity index (χ3v) is 3.95. The molecule has 0 aromatic carbocycles. The third-order valence-electron chi connectivity index (χ3n) is 2.92. The fourth-order valence-electron chi connectivity index (χ4n) is 1.76. The van der Waals surface area contributed by atoms with Crippen LogP contribution in [-0.4, -0.2) is 34.4 Å². The van der Waals surface area contributed by atoms with Crippen LogP contribution < -0.4 is 4.90 Å². The molecule has 1 aliphatic rings. The number of carboxylic acid groups (broad SMARTS) is 1. The van der Waals surface area contributed by atoms with Crippen LogP contribution in [0.3, 0.4) is 0 Å². The highest BCUT2D eigenvalue weighted by molar-refractivity contribution is 7.15. The smallest absolute Gasteiger partial charge is 0.445 e. The first kappa shape index (κ1) is 13.1. The number of aliphatic carboxylic acids is 1. The second kappa shape index (κ2) is 4.08. The van der Waals surface area contributed by atoms with E-state index in [2.05, 4.69) is 10.2 Å². The Kier molecular flexibility index (Phi) is 2.96. The Bertz CT molecular complexity index is 476. The first-order valence-corrected chi connectivity index (χ1v) is 5.93. The maximum absolute atomic E-state index is 12.4. The molecule has 0 saturated carbocycles. The van der Waals surface area contributed by atoms with Gasteiger partial charge in [0.05, 0.1) is 5.41 Å². The van der Waals surface area contributed by atoms with Gasteiger partial charge in [0.1, 0.15) is 0 Å². The molecular weight excluding hydrogens is 271 g/mol. The predicted octanol–water partition coefficient (Wildman–Crippen LogP) is 1.86. The van der Waals surface area contributed by atoms with Gasteiger partial charge in [-0.2, -0.15) is 13.2 Å². The van der Waals surface area contributed by atoms with Gasteiger partial charge in [0.2, 0.25) is 10.1 Å². The summed E-state index contributed by atoms with van der Waals surface area (Å²) in [5.41, 5.74) is -0.940. The second-order valence-electron chi connectivity index (χ2n) is 4.42. The summed E-state index contributed by atoms with van der Waals surface area (Å²) in [5, 5.41) is 14.7. The fraction of sp³-hybridized carbons (Fsp3) is 0.667. The first-order valence-electron chi connectivity index (χ1n) is 5.11. The minimum atomic E-state index is -4.51. The van der Waals surface area contributed by atoms with Gasteiger partial charge >= 0.3 is 12.1 Å². The first-order chi connectivity index (χ1) is 8.22. The number of aromatic nitrogens is 2. The zero-order chi connectivity index (χ0) is 13.6. The highest BCUT2D eigenvalue weighted by atomic mass is 32.1. The maximum atomic E-state index is 12.4. The number of nitrogens with zero attached hydrogens (tertiary/aromatic N) is 3. The molecule has 1 unspecified atom stereocenters. The number of alkyl halides is 3. The molecule has 5 nitrogen and oxygen atoms in total. The molecule has 1 fully saturated rings. The molecule has 1 aliphatic heterocycles. The Hall–Kier alpha value is -1.38. The predicted molar refractivity (Wildman–Crippen MR) is 57.5 cm³/mol. The summed E-state index contributed by atoms with van der Waals surface area (Å²) in [5.74, 6) is -0.953. The Morgan fingerprint density at radius 2 is 2.17 bits per heavy atom. The van der Waals surface area contributed by atoms with Crippen molar-refractivity contribution in [3.63, 3.8) is 0 Å². The number of hydrogen-bond donors (Lipinski definition) is 1. The second-order valence-corrected chi connectivity index (χ2v) is 5.38. The zero-order valence-corrected chi connectivity index (χ0v) is 10.2. The molecule has 1 saturated heterocycles. The van der Waals surface area contributed by atoms with Crippen molar-refractivity contribution in [3.8, 4) is 0 Å². The number of hydrogen-bond acceptors (Lipinski definition) is 5. The molecule has 0 aliphatic carbocycles. The summed E-state index contributed by atoms with van der Waals surface area (Å²) in [6.45, 7) is 2.09. The van der Waals surface area contributed by atoms with E-state index in [0.717, 1.165) is 0 Å². The third kappa shape index (κ3) is 2.26. The molecule has 0 radical (unpaired) electrons. The van der Waals surface area contributed by atoms with Crippen molar-refractivity contribution in [3.05, 3.63) is 5.01 Å². The minimum Gasteiger partial charge on any atom is -0.481 e. The highest BCUT2D eigenvalue weighted by Crippen LogP contribution is 2.38. The number of carboxylic acids is 1. The van der Waals surface area contributed by atoms with Crippen LogP contribution in [0.4, 0.5) is 18.3 Å². The lowest BCUT2D eigenvalue weighted by Crippen LogP contribution is -2.31. The topological polar surface area (TPSA) is 66.3 Å². The number of halogens is 3. The Labute approximate surface area is 104 Å². The van der Waals surface area contributed by atoms with E-state index in [1.165, 1.54) is 4.90 Å². The number of carbonyl (C=O) groups is 1. The molecule has 2 heterocycles. The van der Waals surface area contributed by atoms with E-state index < -0.39 is 22.6 Å². The lowest BCUT2D eigenvalue weighted by atomic mass is 9.90. The largest absolute Gasteiger partial charge is 0.481 e. The van der Waals surface area contributed by atoms with Crippen molar-refractivity contribution in [2.45, 2.75) is 19.5 Å². The molecule has 100 valence electrons. The Morgan fingerprint density at radius 1 is 1.50 bits per heavy atom. The van der Waals surface area contributed by atoms with Gasteiger partial charge in [-0.15, -0.1) is 10.2 Å². The van der Waals surface area contributed by atoms with E-state index in [4.69, 9.17) is 5.11 Å². The summed E-state index contributed by atoms with van der Waals surface area (Å²) < 4.78 is 37.1. The number of rotatable bonds is 2. The molecule has 1 N–H and O–H groups in total. The maximum Gasteiger partial charge on any atom is 0.445 e. The molecule has 9 heteroatoms. The molecule has 1 aromatic rings. The Balaban J connectivity index is 2.15. The summed E-state index contributed by atoms with van der Waals surface area (Å²) in [6.07, 6.45) is -4.13.